The molecule has 2 N–H and O–H groups in total. The van der Waals surface area contributed by atoms with Crippen LogP contribution in [0.15, 0.2) is 53.4 Å². The summed E-state index contributed by atoms with van der Waals surface area (Å²) in [5.41, 5.74) is 0.724. The minimum absolute atomic E-state index is 0.0918. The zero-order valence-corrected chi connectivity index (χ0v) is 14.5. The first kappa shape index (κ1) is 18.1. The Hall–Kier alpha value is -3.30. The Balaban J connectivity index is 1.57. The number of amides is 1. The Labute approximate surface area is 157 Å². The summed E-state index contributed by atoms with van der Waals surface area (Å²) in [6.45, 7) is 0.217. The molecule has 1 aliphatic heterocycles. The summed E-state index contributed by atoms with van der Waals surface area (Å²) in [4.78, 5) is 16.3. The lowest BCUT2D eigenvalue weighted by atomic mass is 10.0. The van der Waals surface area contributed by atoms with Crippen LogP contribution in [-0.4, -0.2) is 26.8 Å². The second-order valence-corrected chi connectivity index (χ2v) is 6.40. The zero-order valence-electron chi connectivity index (χ0n) is 14.5. The van der Waals surface area contributed by atoms with Crippen molar-refractivity contribution in [2.24, 2.45) is 0 Å². The summed E-state index contributed by atoms with van der Waals surface area (Å²) in [6.07, 6.45) is -0.224. The van der Waals surface area contributed by atoms with Crippen LogP contribution in [0.4, 0.5) is 19.0 Å². The van der Waals surface area contributed by atoms with E-state index in [4.69, 9.17) is 4.42 Å². The number of alkyl halides is 3. The van der Waals surface area contributed by atoms with Crippen molar-refractivity contribution in [1.82, 2.24) is 20.1 Å². The van der Waals surface area contributed by atoms with Gasteiger partial charge in [0.05, 0.1) is 12.3 Å². The van der Waals surface area contributed by atoms with Crippen molar-refractivity contribution >= 4 is 11.7 Å². The minimum Gasteiger partial charge on any atom is -0.467 e. The molecule has 4 rings (SSSR count). The second kappa shape index (κ2) is 7.02. The molecule has 10 heteroatoms. The van der Waals surface area contributed by atoms with Gasteiger partial charge in [0.1, 0.15) is 11.6 Å². The van der Waals surface area contributed by atoms with E-state index in [-0.39, 0.29) is 24.5 Å². The van der Waals surface area contributed by atoms with Crippen LogP contribution >= 0.6 is 0 Å². The Morgan fingerprint density at radius 1 is 1.32 bits per heavy atom. The summed E-state index contributed by atoms with van der Waals surface area (Å²) in [7, 11) is 0. The van der Waals surface area contributed by atoms with Crippen molar-refractivity contribution in [3.63, 3.8) is 0 Å². The molecule has 3 aromatic heterocycles. The number of pyridine rings is 1. The number of furan rings is 1. The van der Waals surface area contributed by atoms with Gasteiger partial charge in [-0.15, -0.1) is 0 Å². The fraction of sp³-hybridized carbons (Fsp3) is 0.278. The molecule has 146 valence electrons. The molecule has 0 fully saturated rings. The van der Waals surface area contributed by atoms with Crippen LogP contribution in [0.25, 0.3) is 0 Å². The predicted molar refractivity (Wildman–Crippen MR) is 92.4 cm³/mol. The number of rotatable bonds is 4. The molecule has 1 aliphatic rings. The number of aromatic nitrogens is 3. The van der Waals surface area contributed by atoms with Crippen molar-refractivity contribution < 1.29 is 22.4 Å². The summed E-state index contributed by atoms with van der Waals surface area (Å²) in [5, 5.41) is 9.52. The summed E-state index contributed by atoms with van der Waals surface area (Å²) >= 11 is 0. The standard InChI is InChI=1S/C18H16F3N5O2/c19-18(20,21)15-8-12(14-2-1-7-28-14)24-16-9-13(25-26(15)16)17(27)23-10-11-3-5-22-6-4-11/h1-7,9,12,15,24H,8,10H2,(H,23,27)/t12-,15+/m1/s1. The summed E-state index contributed by atoms with van der Waals surface area (Å²) in [5.74, 6) is -0.0505. The van der Waals surface area contributed by atoms with Gasteiger partial charge in [0, 0.05) is 31.4 Å². The molecule has 0 saturated carbocycles. The first-order valence-electron chi connectivity index (χ1n) is 8.55. The first-order valence-corrected chi connectivity index (χ1v) is 8.55. The lowest BCUT2D eigenvalue weighted by Gasteiger charge is -2.32. The van der Waals surface area contributed by atoms with Crippen molar-refractivity contribution in [2.75, 3.05) is 5.32 Å². The molecule has 0 aliphatic carbocycles. The van der Waals surface area contributed by atoms with Crippen LogP contribution in [0.1, 0.15) is 40.3 Å². The molecule has 4 heterocycles. The first-order chi connectivity index (χ1) is 13.4. The molecule has 0 aromatic carbocycles. The quantitative estimate of drug-likeness (QED) is 0.712. The molecule has 0 radical (unpaired) electrons. The van der Waals surface area contributed by atoms with E-state index in [2.05, 4.69) is 20.7 Å². The molecule has 1 amide bonds. The van der Waals surface area contributed by atoms with Gasteiger partial charge in [-0.25, -0.2) is 4.68 Å². The summed E-state index contributed by atoms with van der Waals surface area (Å²) in [6, 6.07) is 5.47. The highest BCUT2D eigenvalue weighted by atomic mass is 19.4. The molecule has 0 saturated heterocycles. The molecule has 0 spiro atoms. The fourth-order valence-corrected chi connectivity index (χ4v) is 3.13. The van der Waals surface area contributed by atoms with E-state index in [0.717, 1.165) is 10.2 Å². The van der Waals surface area contributed by atoms with Crippen LogP contribution in [-0.2, 0) is 6.54 Å². The largest absolute Gasteiger partial charge is 0.467 e. The van der Waals surface area contributed by atoms with Gasteiger partial charge in [0.15, 0.2) is 11.7 Å². The Morgan fingerprint density at radius 2 is 2.11 bits per heavy atom. The van der Waals surface area contributed by atoms with E-state index in [1.165, 1.54) is 12.3 Å². The van der Waals surface area contributed by atoms with Crippen LogP contribution in [0, 0.1) is 0 Å². The highest BCUT2D eigenvalue weighted by Gasteiger charge is 2.47. The third-order valence-corrected chi connectivity index (χ3v) is 4.51. The number of nitrogens with one attached hydrogen (secondary N) is 2. The number of carbonyl (C=O) groups is 1. The van der Waals surface area contributed by atoms with Gasteiger partial charge in [-0.3, -0.25) is 9.78 Å². The van der Waals surface area contributed by atoms with Crippen LogP contribution in [0.2, 0.25) is 0 Å². The molecular formula is C18H16F3N5O2. The molecule has 7 nitrogen and oxygen atoms in total. The fourth-order valence-electron chi connectivity index (χ4n) is 3.13. The van der Waals surface area contributed by atoms with E-state index in [1.54, 1.807) is 36.7 Å². The Bertz CT molecular complexity index is 954. The van der Waals surface area contributed by atoms with Gasteiger partial charge in [-0.2, -0.15) is 18.3 Å². The van der Waals surface area contributed by atoms with Gasteiger partial charge < -0.3 is 15.1 Å². The monoisotopic (exact) mass is 391 g/mol. The molecular weight excluding hydrogens is 375 g/mol. The van der Waals surface area contributed by atoms with Crippen molar-refractivity contribution in [1.29, 1.82) is 0 Å². The zero-order chi connectivity index (χ0) is 19.7. The smallest absolute Gasteiger partial charge is 0.410 e. The normalized spacial score (nSPS) is 19.0. The third kappa shape index (κ3) is 3.57. The second-order valence-electron chi connectivity index (χ2n) is 6.40. The molecule has 3 aromatic rings. The van der Waals surface area contributed by atoms with Crippen LogP contribution in [0.3, 0.4) is 0 Å². The SMILES string of the molecule is O=C(NCc1ccncc1)c1cc2n(n1)[C@H](C(F)(F)F)C[C@H](c1ccco1)N2. The van der Waals surface area contributed by atoms with Gasteiger partial charge in [-0.1, -0.05) is 0 Å². The van der Waals surface area contributed by atoms with Gasteiger partial charge in [-0.05, 0) is 29.8 Å². The molecule has 2 atom stereocenters. The molecule has 0 unspecified atom stereocenters. The number of fused-ring (bicyclic) bond motifs is 1. The number of hydrogen-bond donors (Lipinski definition) is 2. The van der Waals surface area contributed by atoms with Crippen molar-refractivity contribution in [3.8, 4) is 0 Å². The number of halogens is 3. The van der Waals surface area contributed by atoms with Crippen LogP contribution < -0.4 is 10.6 Å². The Morgan fingerprint density at radius 3 is 2.79 bits per heavy atom. The minimum atomic E-state index is -4.52. The predicted octanol–water partition coefficient (Wildman–Crippen LogP) is 3.46. The average molecular weight is 391 g/mol. The van der Waals surface area contributed by atoms with Gasteiger partial charge in [0.2, 0.25) is 0 Å². The van der Waals surface area contributed by atoms with Crippen molar-refractivity contribution in [2.45, 2.75) is 31.2 Å². The van der Waals surface area contributed by atoms with E-state index >= 15 is 0 Å². The van der Waals surface area contributed by atoms with Gasteiger partial charge >= 0.3 is 6.18 Å². The molecule has 0 bridgehead atoms. The highest BCUT2D eigenvalue weighted by molar-refractivity contribution is 5.93. The number of carbonyl (C=O) groups excluding carboxylic acids is 1. The van der Waals surface area contributed by atoms with Crippen LogP contribution in [0.5, 0.6) is 0 Å². The molecule has 28 heavy (non-hydrogen) atoms. The lowest BCUT2D eigenvalue weighted by molar-refractivity contribution is -0.174. The number of nitrogens with zero attached hydrogens (tertiary/aromatic N) is 3. The topological polar surface area (TPSA) is 85.0 Å². The highest BCUT2D eigenvalue weighted by Crippen LogP contribution is 2.43. The van der Waals surface area contributed by atoms with E-state index < -0.39 is 24.2 Å². The maximum absolute atomic E-state index is 13.6. The number of anilines is 1. The van der Waals surface area contributed by atoms with E-state index in [9.17, 15) is 18.0 Å². The lowest BCUT2D eigenvalue weighted by Crippen LogP contribution is -2.35. The average Bonchev–Trinajstić information content (AvgIpc) is 3.34. The van der Waals surface area contributed by atoms with E-state index in [0.29, 0.717) is 5.76 Å². The number of hydrogen-bond acceptors (Lipinski definition) is 5. The Kier molecular flexibility index (Phi) is 4.54. The van der Waals surface area contributed by atoms with E-state index in [1.807, 2.05) is 0 Å². The third-order valence-electron chi connectivity index (χ3n) is 4.51. The summed E-state index contributed by atoms with van der Waals surface area (Å²) < 4.78 is 46.8. The maximum Gasteiger partial charge on any atom is 0.410 e. The maximum atomic E-state index is 13.6. The van der Waals surface area contributed by atoms with Crippen molar-refractivity contribution in [3.05, 3.63) is 66.0 Å². The van der Waals surface area contributed by atoms with Gasteiger partial charge in [0.25, 0.3) is 5.91 Å².